The molecule has 1 heterocycles. The molecule has 2 nitrogen and oxygen atoms in total. The lowest BCUT2D eigenvalue weighted by molar-refractivity contribution is 0.243. The lowest BCUT2D eigenvalue weighted by Crippen LogP contribution is -2.30. The van der Waals surface area contributed by atoms with Crippen molar-refractivity contribution in [2.24, 2.45) is 0 Å². The molecule has 0 aromatic heterocycles. The fourth-order valence-corrected chi connectivity index (χ4v) is 3.35. The Hall–Kier alpha value is -1.32. The molecule has 2 aromatic carbocycles. The largest absolute Gasteiger partial charge is 0.493 e. The molecule has 2 atom stereocenters. The van der Waals surface area contributed by atoms with Crippen molar-refractivity contribution in [3.8, 4) is 5.75 Å². The second-order valence-electron chi connectivity index (χ2n) is 5.41. The summed E-state index contributed by atoms with van der Waals surface area (Å²) in [5.41, 5.74) is 2.60. The Morgan fingerprint density at radius 3 is 2.90 bits per heavy atom. The fourth-order valence-electron chi connectivity index (χ4n) is 2.93. The lowest BCUT2D eigenvalue weighted by atomic mass is 9.97. The van der Waals surface area contributed by atoms with Crippen molar-refractivity contribution in [1.29, 1.82) is 0 Å². The first-order valence-corrected chi connectivity index (χ1v) is 8.30. The summed E-state index contributed by atoms with van der Waals surface area (Å²) in [6.45, 7) is 3.01. The summed E-state index contributed by atoms with van der Waals surface area (Å²) in [4.78, 5) is 0. The van der Waals surface area contributed by atoms with Crippen molar-refractivity contribution in [1.82, 2.24) is 5.32 Å². The highest BCUT2D eigenvalue weighted by atomic mass is 79.9. The summed E-state index contributed by atoms with van der Waals surface area (Å²) in [5.74, 6) is 1.02. The van der Waals surface area contributed by atoms with Crippen LogP contribution in [-0.4, -0.2) is 6.61 Å². The zero-order valence-electron chi connectivity index (χ0n) is 12.2. The van der Waals surface area contributed by atoms with Crippen molar-refractivity contribution in [2.45, 2.75) is 31.8 Å². The van der Waals surface area contributed by atoms with E-state index >= 15 is 0 Å². The van der Waals surface area contributed by atoms with Gasteiger partial charge in [0.15, 0.2) is 0 Å². The van der Waals surface area contributed by atoms with E-state index in [1.165, 1.54) is 11.1 Å². The van der Waals surface area contributed by atoms with E-state index in [2.05, 4.69) is 70.6 Å². The van der Waals surface area contributed by atoms with Gasteiger partial charge in [-0.3, -0.25) is 0 Å². The van der Waals surface area contributed by atoms with Gasteiger partial charge in [0, 0.05) is 28.5 Å². The van der Waals surface area contributed by atoms with Gasteiger partial charge in [-0.05, 0) is 30.2 Å². The molecule has 2 unspecified atom stereocenters. The summed E-state index contributed by atoms with van der Waals surface area (Å²) >= 11 is 3.56. The molecule has 0 fully saturated rings. The molecular weight excluding hydrogens is 326 g/mol. The highest BCUT2D eigenvalue weighted by Gasteiger charge is 2.23. The zero-order valence-corrected chi connectivity index (χ0v) is 13.8. The molecule has 3 heteroatoms. The highest BCUT2D eigenvalue weighted by Crippen LogP contribution is 2.34. The Bertz CT molecular complexity index is 614. The monoisotopic (exact) mass is 345 g/mol. The molecule has 1 aliphatic heterocycles. The van der Waals surface area contributed by atoms with E-state index in [1.807, 2.05) is 6.07 Å². The van der Waals surface area contributed by atoms with Gasteiger partial charge in [0.05, 0.1) is 6.61 Å². The zero-order chi connectivity index (χ0) is 14.7. The van der Waals surface area contributed by atoms with E-state index < -0.39 is 0 Å². The molecular formula is C18H20BrNO. The van der Waals surface area contributed by atoms with E-state index in [0.29, 0.717) is 12.1 Å². The van der Waals surface area contributed by atoms with Crippen LogP contribution in [0.15, 0.2) is 53.0 Å². The first-order valence-electron chi connectivity index (χ1n) is 7.51. The average molecular weight is 346 g/mol. The summed E-state index contributed by atoms with van der Waals surface area (Å²) < 4.78 is 6.88. The van der Waals surface area contributed by atoms with E-state index in [-0.39, 0.29) is 0 Å². The normalized spacial score (nSPS) is 18.7. The van der Waals surface area contributed by atoms with Crippen LogP contribution >= 0.6 is 15.9 Å². The smallest absolute Gasteiger partial charge is 0.124 e. The number of benzene rings is 2. The van der Waals surface area contributed by atoms with Gasteiger partial charge in [-0.1, -0.05) is 53.2 Å². The van der Waals surface area contributed by atoms with Gasteiger partial charge in [0.2, 0.25) is 0 Å². The van der Waals surface area contributed by atoms with E-state index in [1.54, 1.807) is 0 Å². The second-order valence-corrected chi connectivity index (χ2v) is 6.33. The van der Waals surface area contributed by atoms with Crippen molar-refractivity contribution in [3.05, 3.63) is 64.1 Å². The van der Waals surface area contributed by atoms with Crippen LogP contribution in [0.1, 0.15) is 43.0 Å². The molecule has 0 saturated carbocycles. The minimum atomic E-state index is 0.360. The topological polar surface area (TPSA) is 21.3 Å². The summed E-state index contributed by atoms with van der Waals surface area (Å²) in [5, 5.41) is 3.80. The Kier molecular flexibility index (Phi) is 4.61. The predicted octanol–water partition coefficient (Wildman–Crippen LogP) is 5.01. The Morgan fingerprint density at radius 1 is 1.24 bits per heavy atom. The third-order valence-electron chi connectivity index (χ3n) is 4.02. The van der Waals surface area contributed by atoms with Crippen LogP contribution in [0.2, 0.25) is 0 Å². The molecule has 0 saturated heterocycles. The van der Waals surface area contributed by atoms with Gasteiger partial charge in [0.25, 0.3) is 0 Å². The number of hydrogen-bond donors (Lipinski definition) is 1. The van der Waals surface area contributed by atoms with Gasteiger partial charge in [-0.15, -0.1) is 0 Å². The number of ether oxygens (including phenoxy) is 1. The Labute approximate surface area is 134 Å². The van der Waals surface area contributed by atoms with Crippen molar-refractivity contribution in [3.63, 3.8) is 0 Å². The van der Waals surface area contributed by atoms with Gasteiger partial charge in [0.1, 0.15) is 5.75 Å². The fraction of sp³-hybridized carbons (Fsp3) is 0.333. The lowest BCUT2D eigenvalue weighted by Gasteiger charge is -2.30. The van der Waals surface area contributed by atoms with Crippen LogP contribution in [-0.2, 0) is 0 Å². The first kappa shape index (κ1) is 14.6. The number of halogens is 1. The number of para-hydroxylation sites is 1. The Balaban J connectivity index is 1.82. The molecule has 1 N–H and O–H groups in total. The summed E-state index contributed by atoms with van der Waals surface area (Å²) in [6, 6.07) is 17.6. The first-order chi connectivity index (χ1) is 10.3. The third-order valence-corrected chi connectivity index (χ3v) is 4.51. The molecule has 0 aliphatic carbocycles. The second kappa shape index (κ2) is 6.63. The average Bonchev–Trinajstić information content (AvgIpc) is 2.52. The number of fused-ring (bicyclic) bond motifs is 1. The molecule has 0 amide bonds. The maximum absolute atomic E-state index is 5.75. The quantitative estimate of drug-likeness (QED) is 0.840. The van der Waals surface area contributed by atoms with Crippen LogP contribution in [0.4, 0.5) is 0 Å². The molecule has 0 spiro atoms. The van der Waals surface area contributed by atoms with Crippen molar-refractivity contribution < 1.29 is 4.74 Å². The SMILES string of the molecule is CCC(NC1CCOc2ccccc21)c1cccc(Br)c1. The van der Waals surface area contributed by atoms with E-state index in [9.17, 15) is 0 Å². The minimum Gasteiger partial charge on any atom is -0.493 e. The van der Waals surface area contributed by atoms with Crippen LogP contribution in [0.3, 0.4) is 0 Å². The third kappa shape index (κ3) is 3.30. The van der Waals surface area contributed by atoms with E-state index in [0.717, 1.165) is 29.7 Å². The predicted molar refractivity (Wildman–Crippen MR) is 89.6 cm³/mol. The number of rotatable bonds is 4. The standard InChI is InChI=1S/C18H20BrNO/c1-2-16(13-6-5-7-14(19)12-13)20-17-10-11-21-18-9-4-3-8-15(17)18/h3-9,12,16-17,20H,2,10-11H2,1H3. The van der Waals surface area contributed by atoms with Gasteiger partial charge >= 0.3 is 0 Å². The van der Waals surface area contributed by atoms with Crippen LogP contribution in [0.5, 0.6) is 5.75 Å². The Morgan fingerprint density at radius 2 is 2.10 bits per heavy atom. The maximum atomic E-state index is 5.75. The number of nitrogens with one attached hydrogen (secondary N) is 1. The minimum absolute atomic E-state index is 0.360. The maximum Gasteiger partial charge on any atom is 0.124 e. The highest BCUT2D eigenvalue weighted by molar-refractivity contribution is 9.10. The summed E-state index contributed by atoms with van der Waals surface area (Å²) in [6.07, 6.45) is 2.08. The van der Waals surface area contributed by atoms with E-state index in [4.69, 9.17) is 4.74 Å². The van der Waals surface area contributed by atoms with Gasteiger partial charge in [-0.2, -0.15) is 0 Å². The molecule has 3 rings (SSSR count). The number of hydrogen-bond acceptors (Lipinski definition) is 2. The van der Waals surface area contributed by atoms with Crippen LogP contribution in [0, 0.1) is 0 Å². The molecule has 110 valence electrons. The molecule has 0 bridgehead atoms. The molecule has 21 heavy (non-hydrogen) atoms. The molecule has 2 aromatic rings. The van der Waals surface area contributed by atoms with Crippen LogP contribution < -0.4 is 10.1 Å². The van der Waals surface area contributed by atoms with Gasteiger partial charge in [-0.25, -0.2) is 0 Å². The molecule has 0 radical (unpaired) electrons. The molecule has 1 aliphatic rings. The van der Waals surface area contributed by atoms with Gasteiger partial charge < -0.3 is 10.1 Å². The van der Waals surface area contributed by atoms with Crippen molar-refractivity contribution >= 4 is 15.9 Å². The van der Waals surface area contributed by atoms with Crippen molar-refractivity contribution in [2.75, 3.05) is 6.61 Å². The summed E-state index contributed by atoms with van der Waals surface area (Å²) in [7, 11) is 0. The van der Waals surface area contributed by atoms with Crippen LogP contribution in [0.25, 0.3) is 0 Å².